The van der Waals surface area contributed by atoms with Crippen LogP contribution in [0.2, 0.25) is 0 Å². The van der Waals surface area contributed by atoms with Gasteiger partial charge in [0.15, 0.2) is 5.11 Å². The number of methoxy groups -OCH3 is 2. The maximum absolute atomic E-state index is 13.3. The summed E-state index contributed by atoms with van der Waals surface area (Å²) in [4.78, 5) is 29.6. The Morgan fingerprint density at radius 2 is 1.75 bits per heavy atom. The summed E-state index contributed by atoms with van der Waals surface area (Å²) >= 11 is 5.29. The summed E-state index contributed by atoms with van der Waals surface area (Å²) in [5, 5.41) is 2.67. The van der Waals surface area contributed by atoms with Crippen molar-refractivity contribution in [1.29, 1.82) is 0 Å². The van der Waals surface area contributed by atoms with E-state index in [0.717, 1.165) is 37.2 Å². The third-order valence-corrected chi connectivity index (χ3v) is 5.92. The lowest BCUT2D eigenvalue weighted by atomic mass is 10.0. The summed E-state index contributed by atoms with van der Waals surface area (Å²) < 4.78 is 11.2. The highest BCUT2D eigenvalue weighted by molar-refractivity contribution is 7.80. The fraction of sp³-hybridized carbons (Fsp3) is 0.292. The van der Waals surface area contributed by atoms with Crippen molar-refractivity contribution in [2.45, 2.75) is 19.8 Å². The van der Waals surface area contributed by atoms with Crippen LogP contribution in [0.1, 0.15) is 24.0 Å². The number of carbonyl (C=O) groups excluding carboxylic acids is 2. The molecule has 8 heteroatoms. The first-order chi connectivity index (χ1) is 15.4. The Morgan fingerprint density at radius 1 is 1.03 bits per heavy atom. The van der Waals surface area contributed by atoms with Gasteiger partial charge in [-0.15, -0.1) is 0 Å². The summed E-state index contributed by atoms with van der Waals surface area (Å²) in [5.41, 5.74) is 3.05. The largest absolute Gasteiger partial charge is 0.496 e. The van der Waals surface area contributed by atoms with E-state index in [1.807, 2.05) is 31.2 Å². The Hall–Kier alpha value is -3.39. The third-order valence-electron chi connectivity index (χ3n) is 5.64. The first-order valence-corrected chi connectivity index (χ1v) is 10.8. The van der Waals surface area contributed by atoms with E-state index in [4.69, 9.17) is 21.7 Å². The molecule has 4 rings (SSSR count). The van der Waals surface area contributed by atoms with Gasteiger partial charge in [-0.25, -0.2) is 0 Å². The fourth-order valence-electron chi connectivity index (χ4n) is 4.04. The molecule has 166 valence electrons. The number of carbonyl (C=O) groups is 2. The molecule has 2 aromatic rings. The second-order valence-electron chi connectivity index (χ2n) is 7.76. The summed E-state index contributed by atoms with van der Waals surface area (Å²) in [7, 11) is 3.17. The highest BCUT2D eigenvalue weighted by atomic mass is 32.1. The van der Waals surface area contributed by atoms with Gasteiger partial charge in [0.1, 0.15) is 17.1 Å². The predicted molar refractivity (Wildman–Crippen MR) is 128 cm³/mol. The van der Waals surface area contributed by atoms with Crippen molar-refractivity contribution >= 4 is 46.6 Å². The van der Waals surface area contributed by atoms with Crippen LogP contribution in [0.5, 0.6) is 11.5 Å². The lowest BCUT2D eigenvalue weighted by Gasteiger charge is -2.29. The van der Waals surface area contributed by atoms with E-state index < -0.39 is 11.8 Å². The van der Waals surface area contributed by atoms with Crippen LogP contribution in [-0.4, -0.2) is 44.2 Å². The molecule has 32 heavy (non-hydrogen) atoms. The van der Waals surface area contributed by atoms with E-state index in [9.17, 15) is 9.59 Å². The summed E-state index contributed by atoms with van der Waals surface area (Å²) in [6.07, 6.45) is 3.78. The molecule has 7 nitrogen and oxygen atoms in total. The standard InChI is InChI=1S/C24H25N3O4S/c1-15-7-6-8-17(11-15)27-23(29)18(22(28)25-24(27)32)12-16-13-21(31-3)19(14-20(16)30-2)26-9-4-5-10-26/h6-8,11-14H,4-5,9-10H2,1-3H3,(H,25,28,32)/b18-12+. The monoisotopic (exact) mass is 451 g/mol. The Morgan fingerprint density at radius 3 is 2.41 bits per heavy atom. The molecule has 2 aliphatic rings. The molecule has 1 N–H and O–H groups in total. The molecule has 0 bridgehead atoms. The molecule has 2 aromatic carbocycles. The van der Waals surface area contributed by atoms with Crippen LogP contribution < -0.4 is 24.6 Å². The van der Waals surface area contributed by atoms with Gasteiger partial charge < -0.3 is 14.4 Å². The molecular formula is C24H25N3O4S. The third kappa shape index (κ3) is 4.05. The number of hydrogen-bond donors (Lipinski definition) is 1. The van der Waals surface area contributed by atoms with Crippen molar-refractivity contribution in [2.75, 3.05) is 37.1 Å². The number of benzene rings is 2. The molecule has 0 unspecified atom stereocenters. The number of rotatable bonds is 5. The highest BCUT2D eigenvalue weighted by Crippen LogP contribution is 2.38. The second kappa shape index (κ2) is 9.00. The van der Waals surface area contributed by atoms with Crippen molar-refractivity contribution < 1.29 is 19.1 Å². The molecule has 2 heterocycles. The minimum atomic E-state index is -0.548. The van der Waals surface area contributed by atoms with Crippen molar-refractivity contribution in [1.82, 2.24) is 5.32 Å². The first-order valence-electron chi connectivity index (χ1n) is 10.4. The smallest absolute Gasteiger partial charge is 0.270 e. The predicted octanol–water partition coefficient (Wildman–Crippen LogP) is 3.44. The Labute approximate surface area is 192 Å². The summed E-state index contributed by atoms with van der Waals surface area (Å²) in [5.74, 6) is 0.174. The zero-order valence-corrected chi connectivity index (χ0v) is 19.1. The van der Waals surface area contributed by atoms with Gasteiger partial charge in [0, 0.05) is 24.7 Å². The van der Waals surface area contributed by atoms with Crippen molar-refractivity contribution in [3.63, 3.8) is 0 Å². The Kier molecular flexibility index (Phi) is 6.14. The molecule has 0 aliphatic carbocycles. The van der Waals surface area contributed by atoms with Gasteiger partial charge in [0.2, 0.25) is 0 Å². The Balaban J connectivity index is 1.76. The van der Waals surface area contributed by atoms with Crippen molar-refractivity contribution in [2.24, 2.45) is 0 Å². The average Bonchev–Trinajstić information content (AvgIpc) is 3.30. The number of aryl methyl sites for hydroxylation is 1. The molecule has 0 saturated carbocycles. The van der Waals surface area contributed by atoms with Gasteiger partial charge in [-0.1, -0.05) is 12.1 Å². The number of ether oxygens (including phenoxy) is 2. The van der Waals surface area contributed by atoms with Gasteiger partial charge in [-0.3, -0.25) is 19.8 Å². The van der Waals surface area contributed by atoms with E-state index in [2.05, 4.69) is 10.2 Å². The number of thiocarbonyl (C=S) groups is 1. The van der Waals surface area contributed by atoms with Crippen molar-refractivity contribution in [3.05, 3.63) is 53.1 Å². The Bertz CT molecular complexity index is 1120. The molecule has 0 atom stereocenters. The zero-order chi connectivity index (χ0) is 22.8. The van der Waals surface area contributed by atoms with Crippen LogP contribution in [0.25, 0.3) is 6.08 Å². The molecule has 2 aliphatic heterocycles. The van der Waals surface area contributed by atoms with E-state index in [-0.39, 0.29) is 10.7 Å². The maximum atomic E-state index is 13.3. The van der Waals surface area contributed by atoms with Gasteiger partial charge in [0.05, 0.1) is 25.6 Å². The molecule has 0 aromatic heterocycles. The summed E-state index contributed by atoms with van der Waals surface area (Å²) in [6.45, 7) is 3.82. The van der Waals surface area contributed by atoms with Crippen LogP contribution in [0.3, 0.4) is 0 Å². The molecule has 0 spiro atoms. The minimum Gasteiger partial charge on any atom is -0.496 e. The molecule has 2 fully saturated rings. The van der Waals surface area contributed by atoms with E-state index >= 15 is 0 Å². The summed E-state index contributed by atoms with van der Waals surface area (Å²) in [6, 6.07) is 11.1. The quantitative estimate of drug-likeness (QED) is 0.427. The SMILES string of the molecule is COc1cc(N2CCCC2)c(OC)cc1/C=C1\C(=O)NC(=S)N(c2cccc(C)c2)C1=O. The second-order valence-corrected chi connectivity index (χ2v) is 8.14. The lowest BCUT2D eigenvalue weighted by molar-refractivity contribution is -0.122. The van der Waals surface area contributed by atoms with Gasteiger partial charge in [-0.05, 0) is 61.8 Å². The average molecular weight is 452 g/mol. The van der Waals surface area contributed by atoms with Crippen LogP contribution in [-0.2, 0) is 9.59 Å². The highest BCUT2D eigenvalue weighted by Gasteiger charge is 2.35. The topological polar surface area (TPSA) is 71.1 Å². The number of nitrogens with one attached hydrogen (secondary N) is 1. The van der Waals surface area contributed by atoms with Gasteiger partial charge in [-0.2, -0.15) is 0 Å². The van der Waals surface area contributed by atoms with Gasteiger partial charge in [0.25, 0.3) is 11.8 Å². The molecule has 2 saturated heterocycles. The molecule has 0 radical (unpaired) electrons. The first kappa shape index (κ1) is 21.8. The number of hydrogen-bond acceptors (Lipinski definition) is 6. The van der Waals surface area contributed by atoms with Crippen LogP contribution in [0.4, 0.5) is 11.4 Å². The van der Waals surface area contributed by atoms with E-state index in [1.165, 1.54) is 11.0 Å². The van der Waals surface area contributed by atoms with E-state index in [0.29, 0.717) is 22.7 Å². The molecule has 2 amide bonds. The van der Waals surface area contributed by atoms with E-state index in [1.54, 1.807) is 26.4 Å². The van der Waals surface area contributed by atoms with Gasteiger partial charge >= 0.3 is 0 Å². The fourth-order valence-corrected chi connectivity index (χ4v) is 4.32. The number of nitrogens with zero attached hydrogens (tertiary/aromatic N) is 2. The van der Waals surface area contributed by atoms with Crippen LogP contribution in [0, 0.1) is 6.92 Å². The van der Waals surface area contributed by atoms with Crippen LogP contribution >= 0.6 is 12.2 Å². The zero-order valence-electron chi connectivity index (χ0n) is 18.3. The normalized spacial score (nSPS) is 17.7. The van der Waals surface area contributed by atoms with Crippen molar-refractivity contribution in [3.8, 4) is 11.5 Å². The lowest BCUT2D eigenvalue weighted by Crippen LogP contribution is -2.54. The number of anilines is 2. The van der Waals surface area contributed by atoms with Crippen LogP contribution in [0.15, 0.2) is 42.0 Å². The number of amides is 2. The molecular weight excluding hydrogens is 426 g/mol. The minimum absolute atomic E-state index is 0.0330. The maximum Gasteiger partial charge on any atom is 0.270 e.